The molecule has 0 heterocycles. The molecule has 1 N–H and O–H groups in total. The third-order valence-corrected chi connectivity index (χ3v) is 7.00. The Kier molecular flexibility index (Phi) is 6.62. The number of carbonyl (C=O) groups excluding carboxylic acids is 1. The summed E-state index contributed by atoms with van der Waals surface area (Å²) in [5.41, 5.74) is 1.64. The molecule has 0 aliphatic carbocycles. The molecule has 0 aliphatic heterocycles. The van der Waals surface area contributed by atoms with E-state index < -0.39 is 16.9 Å². The average Bonchev–Trinajstić information content (AvgIpc) is 2.65. The Bertz CT molecular complexity index is 1050. The fraction of sp³-hybridized carbons (Fsp3) is 0.292. The van der Waals surface area contributed by atoms with E-state index in [9.17, 15) is 14.1 Å². The zero-order valence-electron chi connectivity index (χ0n) is 17.1. The molecule has 3 aromatic carbocycles. The standard InChI is InChI=1S/C24H26O3S2/c1-16-9-12-18(13-10-16)29(27)23-19-8-6-5-7-17(19)11-14-20(23)21(25)15-22(26)28-24(2,3)4/h5-14,21,25H,15H2,1-4H3/t21-,29?/m0/s1. The fourth-order valence-electron chi connectivity index (χ4n) is 3.16. The highest BCUT2D eigenvalue weighted by atomic mass is 32.2. The molecule has 0 radical (unpaired) electrons. The molecule has 0 aliphatic rings. The van der Waals surface area contributed by atoms with Crippen molar-refractivity contribution < 1.29 is 14.1 Å². The van der Waals surface area contributed by atoms with Gasteiger partial charge in [-0.3, -0.25) is 4.79 Å². The Labute approximate surface area is 179 Å². The Balaban J connectivity index is 2.05. The lowest BCUT2D eigenvalue weighted by Crippen LogP contribution is -2.15. The minimum Gasteiger partial charge on any atom is -0.388 e. The molecule has 0 saturated carbocycles. The van der Waals surface area contributed by atoms with E-state index in [0.29, 0.717) is 15.4 Å². The number of carbonyl (C=O) groups is 1. The SMILES string of the molecule is Cc1ccc(S(=O)c2c([C@@H](O)CC(=O)SC(C)(C)C)ccc3ccccc23)cc1. The van der Waals surface area contributed by atoms with E-state index in [2.05, 4.69) is 0 Å². The van der Waals surface area contributed by atoms with Crippen molar-refractivity contribution in [1.82, 2.24) is 0 Å². The van der Waals surface area contributed by atoms with Gasteiger partial charge in [-0.1, -0.05) is 86.6 Å². The van der Waals surface area contributed by atoms with E-state index in [-0.39, 0.29) is 16.3 Å². The van der Waals surface area contributed by atoms with Crippen molar-refractivity contribution >= 4 is 38.4 Å². The molecule has 0 spiro atoms. The maximum Gasteiger partial charge on any atom is 0.192 e. The van der Waals surface area contributed by atoms with Crippen LogP contribution in [0.3, 0.4) is 0 Å². The van der Waals surface area contributed by atoms with Crippen LogP contribution in [0.25, 0.3) is 10.8 Å². The third kappa shape index (κ3) is 5.35. The molecule has 0 amide bonds. The van der Waals surface area contributed by atoms with Gasteiger partial charge < -0.3 is 5.11 Å². The zero-order chi connectivity index (χ0) is 21.2. The summed E-state index contributed by atoms with van der Waals surface area (Å²) >= 11 is 1.22. The first-order valence-corrected chi connectivity index (χ1v) is 11.5. The van der Waals surface area contributed by atoms with Gasteiger partial charge in [-0.25, -0.2) is 4.21 Å². The highest BCUT2D eigenvalue weighted by Crippen LogP contribution is 2.35. The van der Waals surface area contributed by atoms with Crippen molar-refractivity contribution in [2.45, 2.75) is 54.8 Å². The van der Waals surface area contributed by atoms with Gasteiger partial charge in [0.1, 0.15) is 0 Å². The lowest BCUT2D eigenvalue weighted by molar-refractivity contribution is -0.112. The summed E-state index contributed by atoms with van der Waals surface area (Å²) in [6, 6.07) is 19.0. The quantitative estimate of drug-likeness (QED) is 0.560. The average molecular weight is 427 g/mol. The number of hydrogen-bond acceptors (Lipinski definition) is 4. The lowest BCUT2D eigenvalue weighted by Gasteiger charge is -2.20. The maximum absolute atomic E-state index is 13.5. The number of aliphatic hydroxyl groups is 1. The summed E-state index contributed by atoms with van der Waals surface area (Å²) < 4.78 is 13.3. The van der Waals surface area contributed by atoms with Crippen LogP contribution in [0.5, 0.6) is 0 Å². The summed E-state index contributed by atoms with van der Waals surface area (Å²) in [5, 5.41) is 12.6. The van der Waals surface area contributed by atoms with Gasteiger partial charge in [0, 0.05) is 16.1 Å². The first-order valence-electron chi connectivity index (χ1n) is 9.56. The molecule has 152 valence electrons. The molecule has 0 bridgehead atoms. The molecular weight excluding hydrogens is 400 g/mol. The monoisotopic (exact) mass is 426 g/mol. The number of fused-ring (bicyclic) bond motifs is 1. The van der Waals surface area contributed by atoms with Crippen molar-refractivity contribution in [2.75, 3.05) is 0 Å². The Hall–Kier alpha value is -1.95. The van der Waals surface area contributed by atoms with Gasteiger partial charge >= 0.3 is 0 Å². The molecule has 3 aromatic rings. The number of hydrogen-bond donors (Lipinski definition) is 1. The van der Waals surface area contributed by atoms with Crippen molar-refractivity contribution in [2.24, 2.45) is 0 Å². The smallest absolute Gasteiger partial charge is 0.192 e. The minimum absolute atomic E-state index is 0.0155. The van der Waals surface area contributed by atoms with E-state index in [1.807, 2.05) is 82.3 Å². The largest absolute Gasteiger partial charge is 0.388 e. The van der Waals surface area contributed by atoms with E-state index in [1.165, 1.54) is 11.8 Å². The van der Waals surface area contributed by atoms with Crippen LogP contribution in [0.1, 0.15) is 44.4 Å². The number of benzene rings is 3. The Morgan fingerprint density at radius 3 is 2.34 bits per heavy atom. The van der Waals surface area contributed by atoms with Crippen LogP contribution in [0.15, 0.2) is 70.5 Å². The Morgan fingerprint density at radius 1 is 1.03 bits per heavy atom. The summed E-state index contributed by atoms with van der Waals surface area (Å²) in [5.74, 6) is 0. The number of aryl methyl sites for hydroxylation is 1. The predicted molar refractivity (Wildman–Crippen MR) is 122 cm³/mol. The Morgan fingerprint density at radius 2 is 1.69 bits per heavy atom. The number of rotatable bonds is 5. The fourth-order valence-corrected chi connectivity index (χ4v) is 5.51. The van der Waals surface area contributed by atoms with Gasteiger partial charge in [0.2, 0.25) is 0 Å². The second-order valence-electron chi connectivity index (χ2n) is 8.09. The van der Waals surface area contributed by atoms with Crippen LogP contribution in [0, 0.1) is 6.92 Å². The van der Waals surface area contributed by atoms with Crippen LogP contribution in [0.4, 0.5) is 0 Å². The molecule has 2 atom stereocenters. The summed E-state index contributed by atoms with van der Waals surface area (Å²) in [4.78, 5) is 13.7. The molecule has 3 rings (SSSR count). The second kappa shape index (κ2) is 8.82. The highest BCUT2D eigenvalue weighted by Gasteiger charge is 2.25. The number of aliphatic hydroxyl groups excluding tert-OH is 1. The molecule has 29 heavy (non-hydrogen) atoms. The van der Waals surface area contributed by atoms with Crippen LogP contribution in [-0.4, -0.2) is 19.2 Å². The van der Waals surface area contributed by atoms with Crippen LogP contribution in [0.2, 0.25) is 0 Å². The summed E-state index contributed by atoms with van der Waals surface area (Å²) in [6.45, 7) is 7.89. The summed E-state index contributed by atoms with van der Waals surface area (Å²) in [6.07, 6.45) is -1.02. The topological polar surface area (TPSA) is 54.4 Å². The molecule has 1 unspecified atom stereocenters. The van der Waals surface area contributed by atoms with E-state index in [0.717, 1.165) is 16.3 Å². The van der Waals surface area contributed by atoms with Gasteiger partial charge in [0.05, 0.1) is 21.8 Å². The molecule has 5 heteroatoms. The van der Waals surface area contributed by atoms with Crippen molar-refractivity contribution in [1.29, 1.82) is 0 Å². The normalized spacial score (nSPS) is 14.0. The zero-order valence-corrected chi connectivity index (χ0v) is 18.8. The van der Waals surface area contributed by atoms with Crippen LogP contribution in [-0.2, 0) is 15.6 Å². The molecule has 0 saturated heterocycles. The van der Waals surface area contributed by atoms with E-state index >= 15 is 0 Å². The first kappa shape index (κ1) is 21.8. The van der Waals surface area contributed by atoms with Crippen molar-refractivity contribution in [3.63, 3.8) is 0 Å². The molecular formula is C24H26O3S2. The van der Waals surface area contributed by atoms with E-state index in [1.54, 1.807) is 6.07 Å². The van der Waals surface area contributed by atoms with Gasteiger partial charge in [-0.2, -0.15) is 0 Å². The lowest BCUT2D eigenvalue weighted by atomic mass is 10.0. The van der Waals surface area contributed by atoms with Gasteiger partial charge in [0.15, 0.2) is 5.12 Å². The molecule has 0 aromatic heterocycles. The highest BCUT2D eigenvalue weighted by molar-refractivity contribution is 8.14. The van der Waals surface area contributed by atoms with Crippen LogP contribution < -0.4 is 0 Å². The van der Waals surface area contributed by atoms with Crippen molar-refractivity contribution in [3.05, 3.63) is 71.8 Å². The minimum atomic E-state index is -1.47. The third-order valence-electron chi connectivity index (χ3n) is 4.47. The maximum atomic E-state index is 13.5. The molecule has 0 fully saturated rings. The van der Waals surface area contributed by atoms with E-state index in [4.69, 9.17) is 0 Å². The predicted octanol–water partition coefficient (Wildman–Crippen LogP) is 5.80. The summed E-state index contributed by atoms with van der Waals surface area (Å²) in [7, 11) is -1.47. The van der Waals surface area contributed by atoms with Gasteiger partial charge in [-0.15, -0.1) is 0 Å². The second-order valence-corrected chi connectivity index (χ2v) is 11.4. The van der Waals surface area contributed by atoms with Crippen molar-refractivity contribution in [3.8, 4) is 0 Å². The number of thioether (sulfide) groups is 1. The molecule has 3 nitrogen and oxygen atoms in total. The van der Waals surface area contributed by atoms with Gasteiger partial charge in [0.25, 0.3) is 0 Å². The van der Waals surface area contributed by atoms with Gasteiger partial charge in [-0.05, 0) is 35.4 Å². The first-order chi connectivity index (χ1) is 13.7. The van der Waals surface area contributed by atoms with Crippen LogP contribution >= 0.6 is 11.8 Å².